The molecule has 0 unspecified atom stereocenters. The minimum Gasteiger partial charge on any atom is -0.356 e. The molecule has 1 amide bonds. The summed E-state index contributed by atoms with van der Waals surface area (Å²) in [5.74, 6) is 0.852. The number of hydrogen-bond acceptors (Lipinski definition) is 2. The van der Waals surface area contributed by atoms with E-state index in [0.29, 0.717) is 25.4 Å². The molecule has 76 valence electrons. The van der Waals surface area contributed by atoms with E-state index in [9.17, 15) is 4.79 Å². The highest BCUT2D eigenvalue weighted by atomic mass is 16.1. The largest absolute Gasteiger partial charge is 0.356 e. The van der Waals surface area contributed by atoms with Gasteiger partial charge in [0, 0.05) is 13.0 Å². The van der Waals surface area contributed by atoms with Gasteiger partial charge in [-0.25, -0.2) is 0 Å². The van der Waals surface area contributed by atoms with Crippen molar-refractivity contribution in [1.82, 2.24) is 5.32 Å². The lowest BCUT2D eigenvalue weighted by atomic mass is 9.94. The maximum Gasteiger partial charge on any atom is 0.220 e. The Bertz CT molecular complexity index is 185. The molecular formula is C10H20N2O. The van der Waals surface area contributed by atoms with Gasteiger partial charge in [0.2, 0.25) is 5.91 Å². The molecule has 1 saturated carbocycles. The standard InChI is InChI=1S/C10H20N2O/c1-10(2,6-11)7-12-9(13)5-8-3-4-8/h8H,3-7,11H2,1-2H3,(H,12,13). The summed E-state index contributed by atoms with van der Waals surface area (Å²) in [5, 5.41) is 2.93. The summed E-state index contributed by atoms with van der Waals surface area (Å²) >= 11 is 0. The van der Waals surface area contributed by atoms with E-state index >= 15 is 0 Å². The van der Waals surface area contributed by atoms with Crippen LogP contribution in [-0.2, 0) is 4.79 Å². The molecule has 0 aliphatic heterocycles. The topological polar surface area (TPSA) is 55.1 Å². The van der Waals surface area contributed by atoms with E-state index in [2.05, 4.69) is 19.2 Å². The smallest absolute Gasteiger partial charge is 0.220 e. The molecule has 0 heterocycles. The zero-order valence-electron chi connectivity index (χ0n) is 8.60. The Kier molecular flexibility index (Phi) is 3.31. The van der Waals surface area contributed by atoms with Crippen molar-refractivity contribution in [3.63, 3.8) is 0 Å². The second kappa shape index (κ2) is 4.09. The van der Waals surface area contributed by atoms with Gasteiger partial charge < -0.3 is 11.1 Å². The van der Waals surface area contributed by atoms with Crippen molar-refractivity contribution in [1.29, 1.82) is 0 Å². The highest BCUT2D eigenvalue weighted by molar-refractivity contribution is 5.76. The SMILES string of the molecule is CC(C)(CN)CNC(=O)CC1CC1. The normalized spacial score (nSPS) is 17.2. The van der Waals surface area contributed by atoms with Gasteiger partial charge in [0.25, 0.3) is 0 Å². The fraction of sp³-hybridized carbons (Fsp3) is 0.900. The van der Waals surface area contributed by atoms with Crippen LogP contribution in [0.4, 0.5) is 0 Å². The highest BCUT2D eigenvalue weighted by Gasteiger charge is 2.25. The molecule has 3 N–H and O–H groups in total. The predicted octanol–water partition coefficient (Wildman–Crippen LogP) is 0.888. The fourth-order valence-corrected chi connectivity index (χ4v) is 1.07. The van der Waals surface area contributed by atoms with Gasteiger partial charge >= 0.3 is 0 Å². The predicted molar refractivity (Wildman–Crippen MR) is 53.2 cm³/mol. The van der Waals surface area contributed by atoms with Gasteiger partial charge in [-0.3, -0.25) is 4.79 Å². The third kappa shape index (κ3) is 4.27. The first-order chi connectivity index (χ1) is 6.03. The van der Waals surface area contributed by atoms with Gasteiger partial charge in [0.15, 0.2) is 0 Å². The first-order valence-electron chi connectivity index (χ1n) is 5.00. The van der Waals surface area contributed by atoms with E-state index < -0.39 is 0 Å². The van der Waals surface area contributed by atoms with E-state index in [0.717, 1.165) is 0 Å². The van der Waals surface area contributed by atoms with Crippen molar-refractivity contribution in [3.8, 4) is 0 Å². The van der Waals surface area contributed by atoms with E-state index in [-0.39, 0.29) is 11.3 Å². The van der Waals surface area contributed by atoms with E-state index in [1.165, 1.54) is 12.8 Å². The van der Waals surface area contributed by atoms with Crippen LogP contribution in [0.2, 0.25) is 0 Å². The lowest BCUT2D eigenvalue weighted by Gasteiger charge is -2.22. The van der Waals surface area contributed by atoms with Crippen LogP contribution in [0, 0.1) is 11.3 Å². The molecule has 0 bridgehead atoms. The Hall–Kier alpha value is -0.570. The lowest BCUT2D eigenvalue weighted by molar-refractivity contribution is -0.121. The van der Waals surface area contributed by atoms with Crippen molar-refractivity contribution < 1.29 is 4.79 Å². The first-order valence-corrected chi connectivity index (χ1v) is 5.00. The lowest BCUT2D eigenvalue weighted by Crippen LogP contribution is -2.38. The molecule has 3 nitrogen and oxygen atoms in total. The van der Waals surface area contributed by atoms with Gasteiger partial charge in [0.05, 0.1) is 0 Å². The van der Waals surface area contributed by atoms with Gasteiger partial charge in [-0.05, 0) is 30.7 Å². The first kappa shape index (κ1) is 10.5. The zero-order valence-corrected chi connectivity index (χ0v) is 8.60. The fourth-order valence-electron chi connectivity index (χ4n) is 1.07. The molecule has 0 aromatic rings. The van der Waals surface area contributed by atoms with Crippen LogP contribution in [0.25, 0.3) is 0 Å². The molecule has 0 aromatic heterocycles. The monoisotopic (exact) mass is 184 g/mol. The molecule has 0 saturated heterocycles. The average molecular weight is 184 g/mol. The number of carbonyl (C=O) groups excluding carboxylic acids is 1. The van der Waals surface area contributed by atoms with Crippen molar-refractivity contribution in [2.75, 3.05) is 13.1 Å². The second-order valence-corrected chi connectivity index (χ2v) is 4.79. The van der Waals surface area contributed by atoms with Gasteiger partial charge in [-0.1, -0.05) is 13.8 Å². The van der Waals surface area contributed by atoms with Crippen LogP contribution in [0.15, 0.2) is 0 Å². The number of rotatable bonds is 5. The minimum atomic E-state index is 0.0270. The number of amides is 1. The number of nitrogens with one attached hydrogen (secondary N) is 1. The molecule has 1 fully saturated rings. The minimum absolute atomic E-state index is 0.0270. The van der Waals surface area contributed by atoms with Gasteiger partial charge in [0.1, 0.15) is 0 Å². The van der Waals surface area contributed by atoms with Crippen LogP contribution < -0.4 is 11.1 Å². The zero-order chi connectivity index (χ0) is 9.90. The van der Waals surface area contributed by atoms with Crippen molar-refractivity contribution >= 4 is 5.91 Å². The summed E-state index contributed by atoms with van der Waals surface area (Å²) in [6.07, 6.45) is 3.17. The quantitative estimate of drug-likeness (QED) is 0.666. The van der Waals surface area contributed by atoms with Crippen LogP contribution in [0.1, 0.15) is 33.1 Å². The molecule has 3 heteroatoms. The number of hydrogen-bond donors (Lipinski definition) is 2. The van der Waals surface area contributed by atoms with Gasteiger partial charge in [-0.15, -0.1) is 0 Å². The van der Waals surface area contributed by atoms with Crippen LogP contribution >= 0.6 is 0 Å². The summed E-state index contributed by atoms with van der Waals surface area (Å²) in [5.41, 5.74) is 5.58. The summed E-state index contributed by atoms with van der Waals surface area (Å²) in [7, 11) is 0. The Morgan fingerprint density at radius 3 is 2.62 bits per heavy atom. The van der Waals surface area contributed by atoms with E-state index in [1.54, 1.807) is 0 Å². The van der Waals surface area contributed by atoms with E-state index in [4.69, 9.17) is 5.73 Å². The maximum atomic E-state index is 11.3. The summed E-state index contributed by atoms with van der Waals surface area (Å²) in [4.78, 5) is 11.3. The molecular weight excluding hydrogens is 164 g/mol. The highest BCUT2D eigenvalue weighted by Crippen LogP contribution is 2.32. The van der Waals surface area contributed by atoms with Crippen LogP contribution in [0.5, 0.6) is 0 Å². The Labute approximate surface area is 80.1 Å². The Balaban J connectivity index is 2.13. The van der Waals surface area contributed by atoms with Crippen molar-refractivity contribution in [2.45, 2.75) is 33.1 Å². The van der Waals surface area contributed by atoms with Crippen molar-refractivity contribution in [3.05, 3.63) is 0 Å². The summed E-state index contributed by atoms with van der Waals surface area (Å²) < 4.78 is 0. The molecule has 0 aromatic carbocycles. The van der Waals surface area contributed by atoms with Gasteiger partial charge in [-0.2, -0.15) is 0 Å². The second-order valence-electron chi connectivity index (χ2n) is 4.79. The summed E-state index contributed by atoms with van der Waals surface area (Å²) in [6.45, 7) is 5.42. The molecule has 0 radical (unpaired) electrons. The molecule has 1 rings (SSSR count). The molecule has 13 heavy (non-hydrogen) atoms. The molecule has 1 aliphatic carbocycles. The average Bonchev–Trinajstić information content (AvgIpc) is 2.85. The maximum absolute atomic E-state index is 11.3. The third-order valence-electron chi connectivity index (χ3n) is 2.49. The van der Waals surface area contributed by atoms with Crippen LogP contribution in [-0.4, -0.2) is 19.0 Å². The Morgan fingerprint density at radius 1 is 1.54 bits per heavy atom. The van der Waals surface area contributed by atoms with E-state index in [1.807, 2.05) is 0 Å². The van der Waals surface area contributed by atoms with Crippen molar-refractivity contribution in [2.24, 2.45) is 17.1 Å². The number of carbonyl (C=O) groups is 1. The summed E-state index contributed by atoms with van der Waals surface area (Å²) in [6, 6.07) is 0. The third-order valence-corrected chi connectivity index (χ3v) is 2.49. The molecule has 0 atom stereocenters. The Morgan fingerprint density at radius 2 is 2.15 bits per heavy atom. The molecule has 1 aliphatic rings. The molecule has 0 spiro atoms. The number of nitrogens with two attached hydrogens (primary N) is 1. The van der Waals surface area contributed by atoms with Crippen LogP contribution in [0.3, 0.4) is 0 Å².